The Balaban J connectivity index is 1.64. The van der Waals surface area contributed by atoms with Crippen LogP contribution in [0.25, 0.3) is 10.9 Å². The van der Waals surface area contributed by atoms with Gasteiger partial charge in [0.15, 0.2) is 5.82 Å². The smallest absolute Gasteiger partial charge is 0.405 e. The second kappa shape index (κ2) is 10.9. The highest BCUT2D eigenvalue weighted by Gasteiger charge is 2.51. The maximum atomic E-state index is 13.8. The van der Waals surface area contributed by atoms with E-state index in [0.29, 0.717) is 35.2 Å². The average Bonchev–Trinajstić information content (AvgIpc) is 3.23. The van der Waals surface area contributed by atoms with Crippen LogP contribution in [0, 0.1) is 11.2 Å². The molecule has 2 aromatic carbocycles. The number of fused-ring (bicyclic) bond motifs is 1. The van der Waals surface area contributed by atoms with E-state index in [2.05, 4.69) is 20.8 Å². The van der Waals surface area contributed by atoms with Crippen LogP contribution in [0.15, 0.2) is 42.5 Å². The number of halogens is 2. The predicted octanol–water partition coefficient (Wildman–Crippen LogP) is 5.86. The Kier molecular flexibility index (Phi) is 7.82. The average molecular weight is 529 g/mol. The number of benzene rings is 2. The fourth-order valence-corrected chi connectivity index (χ4v) is 5.54. The number of aromatic nitrogens is 2. The van der Waals surface area contributed by atoms with Crippen LogP contribution < -0.4 is 10.6 Å². The summed E-state index contributed by atoms with van der Waals surface area (Å²) >= 11 is 6.02. The van der Waals surface area contributed by atoms with E-state index in [9.17, 15) is 23.9 Å². The minimum atomic E-state index is -1.61. The number of hydrogen-bond donors (Lipinski definition) is 4. The SMILES string of the molecule is CCCCC(CC1(Cc2ccc(F)cc2)CCC1)(NC(=O)O)C(=O)C(=O)Nc1n[nH]c2cc(Cl)ccc12. The van der Waals surface area contributed by atoms with Gasteiger partial charge < -0.3 is 15.7 Å². The number of carboxylic acid groups (broad SMARTS) is 1. The van der Waals surface area contributed by atoms with E-state index >= 15 is 0 Å². The fourth-order valence-electron chi connectivity index (χ4n) is 5.37. The molecule has 1 heterocycles. The van der Waals surface area contributed by atoms with E-state index in [-0.39, 0.29) is 29.9 Å². The predicted molar refractivity (Wildman–Crippen MR) is 139 cm³/mol. The van der Waals surface area contributed by atoms with Crippen molar-refractivity contribution in [1.82, 2.24) is 15.5 Å². The van der Waals surface area contributed by atoms with Gasteiger partial charge in [-0.1, -0.05) is 49.9 Å². The van der Waals surface area contributed by atoms with Gasteiger partial charge in [-0.25, -0.2) is 9.18 Å². The number of carbonyl (C=O) groups excluding carboxylic acids is 2. The van der Waals surface area contributed by atoms with Crippen LogP contribution in [-0.2, 0) is 16.0 Å². The van der Waals surface area contributed by atoms with Gasteiger partial charge in [-0.2, -0.15) is 5.10 Å². The first-order valence-electron chi connectivity index (χ1n) is 12.4. The minimum absolute atomic E-state index is 0.161. The third kappa shape index (κ3) is 5.93. The molecular formula is C27H30ClFN4O4. The van der Waals surface area contributed by atoms with Crippen molar-refractivity contribution in [3.05, 3.63) is 58.9 Å². The summed E-state index contributed by atoms with van der Waals surface area (Å²) in [5.74, 6) is -1.96. The zero-order chi connectivity index (χ0) is 26.6. The van der Waals surface area contributed by atoms with Gasteiger partial charge in [0, 0.05) is 10.4 Å². The molecule has 0 aliphatic heterocycles. The van der Waals surface area contributed by atoms with E-state index in [1.54, 1.807) is 30.3 Å². The molecule has 4 rings (SSSR count). The van der Waals surface area contributed by atoms with E-state index in [1.165, 1.54) is 12.1 Å². The van der Waals surface area contributed by atoms with Gasteiger partial charge in [-0.3, -0.25) is 14.7 Å². The number of H-pyrrole nitrogens is 1. The topological polar surface area (TPSA) is 124 Å². The number of rotatable bonds is 11. The number of hydrogen-bond acceptors (Lipinski definition) is 4. The molecule has 1 aromatic heterocycles. The summed E-state index contributed by atoms with van der Waals surface area (Å²) < 4.78 is 13.5. The highest BCUT2D eigenvalue weighted by molar-refractivity contribution is 6.44. The molecule has 1 aliphatic rings. The molecule has 196 valence electrons. The summed E-state index contributed by atoms with van der Waals surface area (Å²) in [6, 6.07) is 11.2. The molecule has 1 saturated carbocycles. The lowest BCUT2D eigenvalue weighted by molar-refractivity contribution is -0.140. The largest absolute Gasteiger partial charge is 0.465 e. The molecule has 0 saturated heterocycles. The first-order valence-corrected chi connectivity index (χ1v) is 12.8. The van der Waals surface area contributed by atoms with Gasteiger partial charge >= 0.3 is 6.09 Å². The number of Topliss-reactive ketones (excluding diaryl/α,β-unsaturated/α-hetero) is 1. The highest BCUT2D eigenvalue weighted by atomic mass is 35.5. The summed E-state index contributed by atoms with van der Waals surface area (Å²) in [6.45, 7) is 1.94. The third-order valence-electron chi connectivity index (χ3n) is 7.28. The Bertz CT molecular complexity index is 1310. The molecule has 0 bridgehead atoms. The minimum Gasteiger partial charge on any atom is -0.465 e. The standard InChI is InChI=1S/C27H30ClFN4O4/c1-2-3-13-27(31-25(36)37,16-26(11-4-12-26)15-17-5-8-19(29)9-6-17)22(34)24(35)30-23-20-10-7-18(28)14-21(20)32-33-23/h5-10,14,31H,2-4,11-13,15-16H2,1H3,(H,36,37)(H2,30,32,33,35). The monoisotopic (exact) mass is 528 g/mol. The second-order valence-electron chi connectivity index (χ2n) is 9.99. The van der Waals surface area contributed by atoms with Crippen molar-refractivity contribution >= 4 is 46.1 Å². The van der Waals surface area contributed by atoms with E-state index < -0.39 is 23.3 Å². The first kappa shape index (κ1) is 26.6. The van der Waals surface area contributed by atoms with Crippen LogP contribution in [0.4, 0.5) is 15.0 Å². The number of ketones is 1. The van der Waals surface area contributed by atoms with Crippen LogP contribution in [0.1, 0.15) is 57.4 Å². The Labute approximate surface area is 219 Å². The Morgan fingerprint density at radius 2 is 1.92 bits per heavy atom. The quantitative estimate of drug-likeness (QED) is 0.232. The highest BCUT2D eigenvalue weighted by Crippen LogP contribution is 2.50. The van der Waals surface area contributed by atoms with E-state index in [1.807, 2.05) is 6.92 Å². The van der Waals surface area contributed by atoms with Crippen molar-refractivity contribution in [3.63, 3.8) is 0 Å². The van der Waals surface area contributed by atoms with Crippen molar-refractivity contribution in [3.8, 4) is 0 Å². The Morgan fingerprint density at radius 3 is 2.54 bits per heavy atom. The van der Waals surface area contributed by atoms with Crippen LogP contribution in [0.5, 0.6) is 0 Å². The molecule has 10 heteroatoms. The van der Waals surface area contributed by atoms with Crippen molar-refractivity contribution in [2.24, 2.45) is 5.41 Å². The number of nitrogens with one attached hydrogen (secondary N) is 3. The number of nitrogens with zero attached hydrogens (tertiary/aromatic N) is 1. The second-order valence-corrected chi connectivity index (χ2v) is 10.4. The van der Waals surface area contributed by atoms with Crippen molar-refractivity contribution < 1.29 is 23.9 Å². The van der Waals surface area contributed by atoms with Gasteiger partial charge in [0.2, 0.25) is 5.78 Å². The first-order chi connectivity index (χ1) is 17.7. The lowest BCUT2D eigenvalue weighted by atomic mass is 9.58. The summed E-state index contributed by atoms with van der Waals surface area (Å²) in [5.41, 5.74) is -0.509. The zero-order valence-corrected chi connectivity index (χ0v) is 21.3. The lowest BCUT2D eigenvalue weighted by Gasteiger charge is -2.48. The van der Waals surface area contributed by atoms with Crippen LogP contribution >= 0.6 is 11.6 Å². The summed E-state index contributed by atoms with van der Waals surface area (Å²) in [6.07, 6.45) is 3.30. The Morgan fingerprint density at radius 1 is 1.19 bits per heavy atom. The molecule has 1 unspecified atom stereocenters. The molecule has 0 spiro atoms. The molecule has 0 radical (unpaired) electrons. The normalized spacial score (nSPS) is 16.0. The molecule has 3 aromatic rings. The lowest BCUT2D eigenvalue weighted by Crippen LogP contribution is -2.60. The molecule has 1 aliphatic carbocycles. The summed E-state index contributed by atoms with van der Waals surface area (Å²) in [5, 5.41) is 22.7. The number of amides is 2. The number of aromatic amines is 1. The van der Waals surface area contributed by atoms with Crippen molar-refractivity contribution in [2.45, 2.75) is 63.8 Å². The maximum absolute atomic E-state index is 13.8. The molecule has 37 heavy (non-hydrogen) atoms. The van der Waals surface area contributed by atoms with Gasteiger partial charge in [-0.15, -0.1) is 0 Å². The van der Waals surface area contributed by atoms with Crippen molar-refractivity contribution in [2.75, 3.05) is 5.32 Å². The molecular weight excluding hydrogens is 499 g/mol. The van der Waals surface area contributed by atoms with E-state index in [4.69, 9.17) is 11.6 Å². The van der Waals surface area contributed by atoms with E-state index in [0.717, 1.165) is 24.8 Å². The van der Waals surface area contributed by atoms with Gasteiger partial charge in [-0.05, 0) is 73.4 Å². The fraction of sp³-hybridized carbons (Fsp3) is 0.407. The van der Waals surface area contributed by atoms with Crippen LogP contribution in [0.3, 0.4) is 0 Å². The molecule has 2 amide bonds. The maximum Gasteiger partial charge on any atom is 0.405 e. The summed E-state index contributed by atoms with van der Waals surface area (Å²) in [7, 11) is 0. The molecule has 4 N–H and O–H groups in total. The molecule has 1 atom stereocenters. The molecule has 1 fully saturated rings. The van der Waals surface area contributed by atoms with Gasteiger partial charge in [0.05, 0.1) is 5.52 Å². The number of unbranched alkanes of at least 4 members (excludes halogenated alkanes) is 1. The molecule has 8 nitrogen and oxygen atoms in total. The van der Waals surface area contributed by atoms with Gasteiger partial charge in [0.1, 0.15) is 11.4 Å². The van der Waals surface area contributed by atoms with Crippen molar-refractivity contribution in [1.29, 1.82) is 0 Å². The Hall–Kier alpha value is -3.46. The van der Waals surface area contributed by atoms with Crippen LogP contribution in [0.2, 0.25) is 5.02 Å². The summed E-state index contributed by atoms with van der Waals surface area (Å²) in [4.78, 5) is 39.0. The van der Waals surface area contributed by atoms with Gasteiger partial charge in [0.25, 0.3) is 5.91 Å². The number of anilines is 1. The zero-order valence-electron chi connectivity index (χ0n) is 20.6. The third-order valence-corrected chi connectivity index (χ3v) is 7.52. The van der Waals surface area contributed by atoms with Crippen LogP contribution in [-0.4, -0.2) is 38.6 Å². The number of carbonyl (C=O) groups is 3.